The number of halogens is 8. The van der Waals surface area contributed by atoms with Crippen LogP contribution in [0.25, 0.3) is 0 Å². The van der Waals surface area contributed by atoms with Crippen LogP contribution in [0.2, 0.25) is 5.02 Å². The predicted molar refractivity (Wildman–Crippen MR) is 119 cm³/mol. The molecule has 198 valence electrons. The van der Waals surface area contributed by atoms with E-state index in [2.05, 4.69) is 10.5 Å². The molecule has 2 fully saturated rings. The quantitative estimate of drug-likeness (QED) is 0.456. The monoisotopic (exact) mass is 549 g/mol. The standard InChI is InChI=1S/C24H19ClF7N3O2/c25-17-8-15(7-16(9-17)23(27,28)29)22(24(30,31)32)10-19(34-37-22)13-1-3-14(4-2-13)21(26)11-35(12-21)20(36)33-18-5-6-18/h1-4,7-9,18H,5-6,10-12H2,(H,33,36). The van der Waals surface area contributed by atoms with Crippen LogP contribution in [0.1, 0.15) is 41.5 Å². The molecule has 2 heterocycles. The summed E-state index contributed by atoms with van der Waals surface area (Å²) in [6.45, 7) is -0.328. The maximum absolute atomic E-state index is 15.3. The zero-order valence-corrected chi connectivity index (χ0v) is 19.6. The predicted octanol–water partition coefficient (Wildman–Crippen LogP) is 6.29. The molecule has 3 aliphatic rings. The van der Waals surface area contributed by atoms with Crippen molar-refractivity contribution in [3.05, 3.63) is 69.7 Å². The van der Waals surface area contributed by atoms with E-state index in [1.165, 1.54) is 29.2 Å². The van der Waals surface area contributed by atoms with Crippen molar-refractivity contribution in [3.8, 4) is 0 Å². The second-order valence-corrected chi connectivity index (χ2v) is 9.92. The SMILES string of the molecule is O=C(NC1CC1)N1CC(F)(c2ccc(C3=NOC(c4cc(Cl)cc(C(F)(F)F)c4)(C(F)(F)F)C3)cc2)C1. The number of rotatable bonds is 4. The van der Waals surface area contributed by atoms with Gasteiger partial charge in [0.15, 0.2) is 5.67 Å². The van der Waals surface area contributed by atoms with Crippen LogP contribution in [0.5, 0.6) is 0 Å². The number of alkyl halides is 7. The number of urea groups is 1. The number of nitrogens with one attached hydrogen (secondary N) is 1. The van der Waals surface area contributed by atoms with E-state index in [0.29, 0.717) is 12.1 Å². The Balaban J connectivity index is 1.34. The van der Waals surface area contributed by atoms with Crippen molar-refractivity contribution in [2.75, 3.05) is 13.1 Å². The summed E-state index contributed by atoms with van der Waals surface area (Å²) in [6.07, 6.45) is -9.19. The summed E-state index contributed by atoms with van der Waals surface area (Å²) < 4.78 is 97.5. The average molecular weight is 550 g/mol. The van der Waals surface area contributed by atoms with Gasteiger partial charge < -0.3 is 15.1 Å². The van der Waals surface area contributed by atoms with Crippen LogP contribution in [-0.2, 0) is 22.3 Å². The van der Waals surface area contributed by atoms with Crippen LogP contribution in [0.15, 0.2) is 47.6 Å². The minimum atomic E-state index is -5.13. The van der Waals surface area contributed by atoms with Gasteiger partial charge in [0.25, 0.3) is 5.60 Å². The summed E-state index contributed by atoms with van der Waals surface area (Å²) in [6, 6.07) is 6.89. The number of amides is 2. The van der Waals surface area contributed by atoms with Crippen molar-refractivity contribution in [2.24, 2.45) is 5.16 Å². The van der Waals surface area contributed by atoms with E-state index in [-0.39, 0.29) is 42.0 Å². The topological polar surface area (TPSA) is 53.9 Å². The molecule has 1 aliphatic carbocycles. The molecular formula is C24H19ClF7N3O2. The fourth-order valence-electron chi connectivity index (χ4n) is 4.38. The Hall–Kier alpha value is -3.02. The van der Waals surface area contributed by atoms with Crippen molar-refractivity contribution < 1.29 is 40.4 Å². The Morgan fingerprint density at radius 2 is 1.68 bits per heavy atom. The molecule has 2 aromatic carbocycles. The summed E-state index contributed by atoms with van der Waals surface area (Å²) in [5.74, 6) is 0. The van der Waals surface area contributed by atoms with Crippen molar-refractivity contribution in [1.29, 1.82) is 0 Å². The van der Waals surface area contributed by atoms with Crippen molar-refractivity contribution in [1.82, 2.24) is 10.2 Å². The zero-order valence-electron chi connectivity index (χ0n) is 18.9. The summed E-state index contributed by atoms with van der Waals surface area (Å²) >= 11 is 5.71. The third-order valence-corrected chi connectivity index (χ3v) is 6.91. The Morgan fingerprint density at radius 3 is 2.24 bits per heavy atom. The molecule has 0 bridgehead atoms. The molecule has 5 rings (SSSR count). The lowest BCUT2D eigenvalue weighted by molar-refractivity contribution is -0.276. The van der Waals surface area contributed by atoms with Gasteiger partial charge in [-0.1, -0.05) is 41.0 Å². The van der Waals surface area contributed by atoms with Gasteiger partial charge in [0.05, 0.1) is 24.4 Å². The van der Waals surface area contributed by atoms with Gasteiger partial charge in [-0.25, -0.2) is 9.18 Å². The molecular weight excluding hydrogens is 531 g/mol. The number of benzene rings is 2. The van der Waals surface area contributed by atoms with Crippen LogP contribution >= 0.6 is 11.6 Å². The van der Waals surface area contributed by atoms with Gasteiger partial charge in [-0.2, -0.15) is 26.3 Å². The molecule has 1 unspecified atom stereocenters. The van der Waals surface area contributed by atoms with E-state index in [9.17, 15) is 31.1 Å². The van der Waals surface area contributed by atoms with E-state index in [4.69, 9.17) is 16.4 Å². The summed E-state index contributed by atoms with van der Waals surface area (Å²) in [5, 5.41) is 5.77. The maximum Gasteiger partial charge on any atom is 0.435 e. The highest BCUT2D eigenvalue weighted by molar-refractivity contribution is 6.30. The Kier molecular flexibility index (Phi) is 5.89. The molecule has 2 aliphatic heterocycles. The number of carbonyl (C=O) groups is 1. The average Bonchev–Trinajstić information content (AvgIpc) is 3.48. The second-order valence-electron chi connectivity index (χ2n) is 9.48. The Bertz CT molecular complexity index is 1250. The Morgan fingerprint density at radius 1 is 1.03 bits per heavy atom. The molecule has 0 spiro atoms. The first-order valence-corrected chi connectivity index (χ1v) is 11.6. The van der Waals surface area contributed by atoms with Gasteiger partial charge >= 0.3 is 18.4 Å². The molecule has 5 nitrogen and oxygen atoms in total. The maximum atomic E-state index is 15.3. The van der Waals surface area contributed by atoms with Crippen molar-refractivity contribution in [2.45, 2.75) is 48.9 Å². The van der Waals surface area contributed by atoms with Crippen LogP contribution in [0.3, 0.4) is 0 Å². The fraction of sp³-hybridized carbons (Fsp3) is 0.417. The molecule has 2 aromatic rings. The normalized spacial score (nSPS) is 23.2. The van der Waals surface area contributed by atoms with Gasteiger partial charge in [0, 0.05) is 23.0 Å². The minimum absolute atomic E-state index is 0.131. The number of nitrogens with zero attached hydrogens (tertiary/aromatic N) is 2. The third kappa shape index (κ3) is 4.71. The lowest BCUT2D eigenvalue weighted by Gasteiger charge is -2.44. The van der Waals surface area contributed by atoms with Gasteiger partial charge in [-0.3, -0.25) is 0 Å². The Labute approximate surface area is 211 Å². The summed E-state index contributed by atoms with van der Waals surface area (Å²) in [7, 11) is 0. The van der Waals surface area contributed by atoms with E-state index in [1.54, 1.807) is 0 Å². The molecule has 1 N–H and O–H groups in total. The number of hydrogen-bond donors (Lipinski definition) is 1. The number of hydrogen-bond acceptors (Lipinski definition) is 3. The summed E-state index contributed by atoms with van der Waals surface area (Å²) in [4.78, 5) is 18.2. The summed E-state index contributed by atoms with van der Waals surface area (Å²) in [5.41, 5.74) is -6.94. The minimum Gasteiger partial charge on any atom is -0.374 e. The van der Waals surface area contributed by atoms with E-state index in [0.717, 1.165) is 18.9 Å². The van der Waals surface area contributed by atoms with Crippen molar-refractivity contribution in [3.63, 3.8) is 0 Å². The highest BCUT2D eigenvalue weighted by Crippen LogP contribution is 2.50. The second kappa shape index (κ2) is 8.50. The van der Waals surface area contributed by atoms with Gasteiger partial charge in [-0.05, 0) is 42.2 Å². The van der Waals surface area contributed by atoms with Crippen molar-refractivity contribution >= 4 is 23.3 Å². The highest BCUT2D eigenvalue weighted by atomic mass is 35.5. The first-order chi connectivity index (χ1) is 17.2. The van der Waals surface area contributed by atoms with Crippen LogP contribution in [0, 0.1) is 0 Å². The van der Waals surface area contributed by atoms with Gasteiger partial charge in [-0.15, -0.1) is 0 Å². The van der Waals surface area contributed by atoms with E-state index < -0.39 is 46.2 Å². The lowest BCUT2D eigenvalue weighted by Crippen LogP contribution is -2.61. The van der Waals surface area contributed by atoms with Gasteiger partial charge in [0.2, 0.25) is 0 Å². The lowest BCUT2D eigenvalue weighted by atomic mass is 9.84. The van der Waals surface area contributed by atoms with E-state index >= 15 is 4.39 Å². The smallest absolute Gasteiger partial charge is 0.374 e. The molecule has 1 saturated carbocycles. The molecule has 0 aromatic heterocycles. The number of oxime groups is 1. The first kappa shape index (κ1) is 25.6. The molecule has 2 amide bonds. The fourth-order valence-corrected chi connectivity index (χ4v) is 4.62. The third-order valence-electron chi connectivity index (χ3n) is 6.69. The molecule has 1 atom stereocenters. The highest BCUT2D eigenvalue weighted by Gasteiger charge is 2.62. The largest absolute Gasteiger partial charge is 0.435 e. The van der Waals surface area contributed by atoms with Crippen LogP contribution < -0.4 is 5.32 Å². The number of likely N-dealkylation sites (tertiary alicyclic amines) is 1. The molecule has 37 heavy (non-hydrogen) atoms. The zero-order chi connectivity index (χ0) is 26.8. The van der Waals surface area contributed by atoms with Crippen LogP contribution in [0.4, 0.5) is 35.5 Å². The molecule has 13 heteroatoms. The van der Waals surface area contributed by atoms with E-state index in [1.807, 2.05) is 0 Å². The molecule has 0 radical (unpaired) electrons. The molecule has 1 saturated heterocycles. The van der Waals surface area contributed by atoms with Crippen LogP contribution in [-0.4, -0.2) is 42.0 Å². The first-order valence-electron chi connectivity index (χ1n) is 11.3. The number of carbonyl (C=O) groups excluding carboxylic acids is 1. The van der Waals surface area contributed by atoms with Gasteiger partial charge in [0.1, 0.15) is 0 Å².